The molecule has 2 heterocycles. The van der Waals surface area contributed by atoms with Crippen molar-refractivity contribution in [2.24, 2.45) is 0 Å². The second-order valence-electron chi connectivity index (χ2n) is 5.90. The first-order valence-corrected chi connectivity index (χ1v) is 11.6. The molecule has 1 atom stereocenters. The summed E-state index contributed by atoms with van der Waals surface area (Å²) in [6, 6.07) is 11.1. The summed E-state index contributed by atoms with van der Waals surface area (Å²) in [6.07, 6.45) is 0.489. The van der Waals surface area contributed by atoms with Gasteiger partial charge in [-0.1, -0.05) is 6.07 Å². The standard InChI is InChI=1S/C17H18INO4S2/c18-13-3-5-15(6-4-13)23-11-17(20)19(10-16-2-1-8-24-16)14-7-9-25(21,22)12-14/h1-6,8,14H,7,9-12H2. The lowest BCUT2D eigenvalue weighted by Crippen LogP contribution is -2.42. The van der Waals surface area contributed by atoms with Crippen molar-refractivity contribution < 1.29 is 17.9 Å². The van der Waals surface area contributed by atoms with E-state index in [1.165, 1.54) is 0 Å². The van der Waals surface area contributed by atoms with Gasteiger partial charge < -0.3 is 9.64 Å². The van der Waals surface area contributed by atoms with Crippen LogP contribution >= 0.6 is 33.9 Å². The van der Waals surface area contributed by atoms with Gasteiger partial charge in [0.1, 0.15) is 5.75 Å². The van der Waals surface area contributed by atoms with E-state index in [1.807, 2.05) is 41.8 Å². The molecule has 1 unspecified atom stereocenters. The number of amides is 1. The lowest BCUT2D eigenvalue weighted by atomic mass is 10.2. The molecule has 5 nitrogen and oxygen atoms in total. The van der Waals surface area contributed by atoms with E-state index in [2.05, 4.69) is 22.6 Å². The molecule has 1 fully saturated rings. The number of hydrogen-bond acceptors (Lipinski definition) is 5. The average Bonchev–Trinajstić information content (AvgIpc) is 3.21. The summed E-state index contributed by atoms with van der Waals surface area (Å²) in [4.78, 5) is 15.4. The van der Waals surface area contributed by atoms with Crippen molar-refractivity contribution in [2.75, 3.05) is 18.1 Å². The van der Waals surface area contributed by atoms with Gasteiger partial charge in [-0.3, -0.25) is 4.79 Å². The summed E-state index contributed by atoms with van der Waals surface area (Å²) in [5.74, 6) is 0.621. The molecule has 1 saturated heterocycles. The zero-order valence-electron chi connectivity index (χ0n) is 13.4. The van der Waals surface area contributed by atoms with Crippen LogP contribution in [-0.2, 0) is 21.2 Å². The Bertz CT molecular complexity index is 819. The lowest BCUT2D eigenvalue weighted by molar-refractivity contribution is -0.135. The van der Waals surface area contributed by atoms with Crippen LogP contribution in [0.1, 0.15) is 11.3 Å². The van der Waals surface area contributed by atoms with Gasteiger partial charge in [0.05, 0.1) is 18.1 Å². The van der Waals surface area contributed by atoms with Gasteiger partial charge in [0.15, 0.2) is 16.4 Å². The molecule has 1 aliphatic heterocycles. The first-order valence-electron chi connectivity index (χ1n) is 7.83. The number of sulfone groups is 1. The molecule has 0 N–H and O–H groups in total. The number of carbonyl (C=O) groups excluding carboxylic acids is 1. The fraction of sp³-hybridized carbons (Fsp3) is 0.353. The highest BCUT2D eigenvalue weighted by Gasteiger charge is 2.34. The quantitative estimate of drug-likeness (QED) is 0.584. The maximum absolute atomic E-state index is 12.7. The van der Waals surface area contributed by atoms with Crippen LogP contribution in [0.15, 0.2) is 41.8 Å². The van der Waals surface area contributed by atoms with Gasteiger partial charge >= 0.3 is 0 Å². The minimum Gasteiger partial charge on any atom is -0.484 e. The summed E-state index contributed by atoms with van der Waals surface area (Å²) in [5.41, 5.74) is 0. The number of ether oxygens (including phenoxy) is 1. The fourth-order valence-electron chi connectivity index (χ4n) is 2.77. The van der Waals surface area contributed by atoms with Gasteiger partial charge in [-0.2, -0.15) is 0 Å². The van der Waals surface area contributed by atoms with Crippen LogP contribution < -0.4 is 4.74 Å². The molecule has 0 bridgehead atoms. The van der Waals surface area contributed by atoms with Crippen LogP contribution in [0.2, 0.25) is 0 Å². The van der Waals surface area contributed by atoms with Crippen molar-refractivity contribution >= 4 is 49.7 Å². The van der Waals surface area contributed by atoms with Gasteiger partial charge in [0, 0.05) is 14.5 Å². The number of halogens is 1. The highest BCUT2D eigenvalue weighted by Crippen LogP contribution is 2.22. The predicted octanol–water partition coefficient (Wildman–Crippen LogP) is 2.95. The van der Waals surface area contributed by atoms with Crippen LogP contribution in [0, 0.1) is 3.57 Å². The van der Waals surface area contributed by atoms with Crippen molar-refractivity contribution in [1.29, 1.82) is 0 Å². The molecule has 8 heteroatoms. The number of carbonyl (C=O) groups is 1. The number of hydrogen-bond donors (Lipinski definition) is 0. The molecule has 25 heavy (non-hydrogen) atoms. The summed E-state index contributed by atoms with van der Waals surface area (Å²) < 4.78 is 30.3. The van der Waals surface area contributed by atoms with Crippen LogP contribution in [-0.4, -0.2) is 43.4 Å². The van der Waals surface area contributed by atoms with Gasteiger partial charge in [0.2, 0.25) is 0 Å². The molecule has 2 aromatic rings. The molecular weight excluding hydrogens is 473 g/mol. The van der Waals surface area contributed by atoms with Gasteiger partial charge in [0.25, 0.3) is 5.91 Å². The first-order chi connectivity index (χ1) is 11.9. The van der Waals surface area contributed by atoms with E-state index in [0.717, 1.165) is 8.45 Å². The maximum atomic E-state index is 12.7. The van der Waals surface area contributed by atoms with Crippen molar-refractivity contribution in [3.8, 4) is 5.75 Å². The molecule has 134 valence electrons. The fourth-order valence-corrected chi connectivity index (χ4v) is 5.56. The Morgan fingerprint density at radius 3 is 2.64 bits per heavy atom. The topological polar surface area (TPSA) is 63.7 Å². The average molecular weight is 491 g/mol. The van der Waals surface area contributed by atoms with E-state index >= 15 is 0 Å². The zero-order valence-corrected chi connectivity index (χ0v) is 17.2. The Labute approximate surface area is 165 Å². The molecule has 1 aromatic carbocycles. The smallest absolute Gasteiger partial charge is 0.261 e. The lowest BCUT2D eigenvalue weighted by Gasteiger charge is -2.28. The molecular formula is C17H18INO4S2. The molecule has 0 radical (unpaired) electrons. The normalized spacial score (nSPS) is 18.8. The van der Waals surface area contributed by atoms with Crippen molar-refractivity contribution in [3.63, 3.8) is 0 Å². The highest BCUT2D eigenvalue weighted by atomic mass is 127. The first kappa shape index (κ1) is 18.7. The van der Waals surface area contributed by atoms with Crippen molar-refractivity contribution in [1.82, 2.24) is 4.90 Å². The third-order valence-electron chi connectivity index (χ3n) is 4.05. The minimum atomic E-state index is -3.06. The Morgan fingerprint density at radius 1 is 1.28 bits per heavy atom. The van der Waals surface area contributed by atoms with E-state index in [4.69, 9.17) is 4.74 Å². The summed E-state index contributed by atoms with van der Waals surface area (Å²) >= 11 is 3.76. The monoisotopic (exact) mass is 491 g/mol. The Kier molecular flexibility index (Phi) is 6.00. The van der Waals surface area contributed by atoms with Crippen LogP contribution in [0.4, 0.5) is 0 Å². The molecule has 0 aliphatic carbocycles. The van der Waals surface area contributed by atoms with Crippen LogP contribution in [0.3, 0.4) is 0 Å². The SMILES string of the molecule is O=C(COc1ccc(I)cc1)N(Cc1cccs1)C1CCS(=O)(=O)C1. The van der Waals surface area contributed by atoms with Gasteiger partial charge in [-0.15, -0.1) is 11.3 Å². The minimum absolute atomic E-state index is 0.0354. The van der Waals surface area contributed by atoms with Crippen molar-refractivity contribution in [3.05, 3.63) is 50.2 Å². The zero-order chi connectivity index (χ0) is 17.9. The molecule has 1 amide bonds. The third-order valence-corrected chi connectivity index (χ3v) is 7.38. The number of benzene rings is 1. The largest absolute Gasteiger partial charge is 0.484 e. The number of rotatable bonds is 6. The molecule has 0 saturated carbocycles. The molecule has 1 aromatic heterocycles. The number of nitrogens with zero attached hydrogens (tertiary/aromatic N) is 1. The maximum Gasteiger partial charge on any atom is 0.261 e. The Balaban J connectivity index is 1.69. The van der Waals surface area contributed by atoms with Gasteiger partial charge in [-0.05, 0) is 64.7 Å². The van der Waals surface area contributed by atoms with E-state index in [9.17, 15) is 13.2 Å². The highest BCUT2D eigenvalue weighted by molar-refractivity contribution is 14.1. The second kappa shape index (κ2) is 8.05. The van der Waals surface area contributed by atoms with E-state index in [1.54, 1.807) is 16.2 Å². The van der Waals surface area contributed by atoms with Crippen LogP contribution in [0.25, 0.3) is 0 Å². The summed E-state index contributed by atoms with van der Waals surface area (Å²) in [5, 5.41) is 1.95. The predicted molar refractivity (Wildman–Crippen MR) is 107 cm³/mol. The summed E-state index contributed by atoms with van der Waals surface area (Å²) in [7, 11) is -3.06. The van der Waals surface area contributed by atoms with E-state index in [0.29, 0.717) is 18.7 Å². The third kappa shape index (κ3) is 5.18. The number of thiophene rings is 1. The molecule has 1 aliphatic rings. The molecule has 3 rings (SSSR count). The molecule has 0 spiro atoms. The Hall–Kier alpha value is -1.13. The Morgan fingerprint density at radius 2 is 2.04 bits per heavy atom. The van der Waals surface area contributed by atoms with E-state index in [-0.39, 0.29) is 30.1 Å². The second-order valence-corrected chi connectivity index (χ2v) is 10.4. The van der Waals surface area contributed by atoms with Crippen molar-refractivity contribution in [2.45, 2.75) is 19.0 Å². The van der Waals surface area contributed by atoms with E-state index < -0.39 is 9.84 Å². The van der Waals surface area contributed by atoms with Crippen LogP contribution in [0.5, 0.6) is 5.75 Å². The van der Waals surface area contributed by atoms with Gasteiger partial charge in [-0.25, -0.2) is 8.42 Å². The summed E-state index contributed by atoms with van der Waals surface area (Å²) in [6.45, 7) is 0.329.